The van der Waals surface area contributed by atoms with Crippen LogP contribution in [-0.2, 0) is 0 Å². The van der Waals surface area contributed by atoms with Gasteiger partial charge in [-0.25, -0.2) is 4.79 Å². The number of nitrogens with one attached hydrogen (secondary N) is 2. The van der Waals surface area contributed by atoms with Crippen molar-refractivity contribution in [2.24, 2.45) is 0 Å². The van der Waals surface area contributed by atoms with Gasteiger partial charge in [0, 0.05) is 6.04 Å². The molecule has 0 radical (unpaired) electrons. The molecule has 2 aromatic rings. The van der Waals surface area contributed by atoms with Crippen molar-refractivity contribution in [1.82, 2.24) is 10.6 Å². The number of urea groups is 1. The molecular formula is C21H26N2O2. The third-order valence-electron chi connectivity index (χ3n) is 4.90. The van der Waals surface area contributed by atoms with E-state index in [0.29, 0.717) is 0 Å². The Morgan fingerprint density at radius 2 is 1.56 bits per heavy atom. The van der Waals surface area contributed by atoms with E-state index in [2.05, 4.69) is 47.0 Å². The Morgan fingerprint density at radius 3 is 2.20 bits per heavy atom. The molecule has 0 aromatic heterocycles. The fourth-order valence-corrected chi connectivity index (χ4v) is 3.32. The number of aliphatic hydroxyl groups is 1. The highest BCUT2D eigenvalue weighted by molar-refractivity contribution is 5.74. The molecule has 1 atom stereocenters. The SMILES string of the molecule is CC(NC(=O)NC1CCC(O)CC1)c1ccc(-c2ccccc2)cc1. The van der Waals surface area contributed by atoms with Crippen LogP contribution in [0.5, 0.6) is 0 Å². The highest BCUT2D eigenvalue weighted by Crippen LogP contribution is 2.22. The molecule has 25 heavy (non-hydrogen) atoms. The van der Waals surface area contributed by atoms with Gasteiger partial charge in [-0.1, -0.05) is 54.6 Å². The van der Waals surface area contributed by atoms with Gasteiger partial charge in [-0.2, -0.15) is 0 Å². The maximum absolute atomic E-state index is 12.2. The van der Waals surface area contributed by atoms with Gasteiger partial charge in [0.1, 0.15) is 0 Å². The Kier molecular flexibility index (Phi) is 5.71. The van der Waals surface area contributed by atoms with Crippen molar-refractivity contribution in [1.29, 1.82) is 0 Å². The van der Waals surface area contributed by atoms with E-state index < -0.39 is 0 Å². The molecule has 0 spiro atoms. The molecule has 1 aliphatic rings. The summed E-state index contributed by atoms with van der Waals surface area (Å²) in [5, 5.41) is 15.5. The second-order valence-corrected chi connectivity index (χ2v) is 6.83. The van der Waals surface area contributed by atoms with Crippen LogP contribution in [0, 0.1) is 0 Å². The average Bonchev–Trinajstić information content (AvgIpc) is 2.64. The lowest BCUT2D eigenvalue weighted by molar-refractivity contribution is 0.117. The van der Waals surface area contributed by atoms with Crippen molar-refractivity contribution < 1.29 is 9.90 Å². The molecule has 0 saturated heterocycles. The maximum atomic E-state index is 12.2. The van der Waals surface area contributed by atoms with Gasteiger partial charge in [0.25, 0.3) is 0 Å². The predicted octanol–water partition coefficient (Wildman–Crippen LogP) is 4.02. The smallest absolute Gasteiger partial charge is 0.315 e. The third-order valence-corrected chi connectivity index (χ3v) is 4.90. The van der Waals surface area contributed by atoms with Gasteiger partial charge >= 0.3 is 6.03 Å². The average molecular weight is 338 g/mol. The summed E-state index contributed by atoms with van der Waals surface area (Å²) in [6.07, 6.45) is 3.01. The summed E-state index contributed by atoms with van der Waals surface area (Å²) < 4.78 is 0. The van der Waals surface area contributed by atoms with Crippen LogP contribution in [0.2, 0.25) is 0 Å². The normalized spacial score (nSPS) is 21.4. The zero-order valence-electron chi connectivity index (χ0n) is 14.6. The van der Waals surface area contributed by atoms with E-state index in [1.807, 2.05) is 25.1 Å². The summed E-state index contributed by atoms with van der Waals surface area (Å²) in [7, 11) is 0. The van der Waals surface area contributed by atoms with E-state index in [1.54, 1.807) is 0 Å². The van der Waals surface area contributed by atoms with Gasteiger partial charge in [-0.3, -0.25) is 0 Å². The predicted molar refractivity (Wildman–Crippen MR) is 100 cm³/mol. The van der Waals surface area contributed by atoms with Crippen molar-refractivity contribution in [2.45, 2.75) is 50.8 Å². The van der Waals surface area contributed by atoms with Crippen molar-refractivity contribution in [3.63, 3.8) is 0 Å². The lowest BCUT2D eigenvalue weighted by Gasteiger charge is -2.27. The van der Waals surface area contributed by atoms with Crippen LogP contribution in [0.3, 0.4) is 0 Å². The third kappa shape index (κ3) is 4.83. The first kappa shape index (κ1) is 17.5. The van der Waals surface area contributed by atoms with E-state index in [4.69, 9.17) is 0 Å². The van der Waals surface area contributed by atoms with Crippen molar-refractivity contribution >= 4 is 6.03 Å². The summed E-state index contributed by atoms with van der Waals surface area (Å²) in [5.74, 6) is 0. The largest absolute Gasteiger partial charge is 0.393 e. The Hall–Kier alpha value is -2.33. The van der Waals surface area contributed by atoms with Crippen LogP contribution in [-0.4, -0.2) is 23.3 Å². The molecule has 4 nitrogen and oxygen atoms in total. The molecule has 132 valence electrons. The molecule has 3 rings (SSSR count). The fraction of sp³-hybridized carbons (Fsp3) is 0.381. The molecule has 0 aliphatic heterocycles. The van der Waals surface area contributed by atoms with Crippen LogP contribution >= 0.6 is 0 Å². The number of carbonyl (C=O) groups is 1. The van der Waals surface area contributed by atoms with Gasteiger partial charge in [0.05, 0.1) is 12.1 Å². The Bertz CT molecular complexity index is 677. The van der Waals surface area contributed by atoms with E-state index >= 15 is 0 Å². The standard InChI is InChI=1S/C21H26N2O2/c1-15(22-21(25)23-19-11-13-20(24)14-12-19)16-7-9-18(10-8-16)17-5-3-2-4-6-17/h2-10,15,19-20,24H,11-14H2,1H3,(H2,22,23,25). The minimum atomic E-state index is -0.205. The van der Waals surface area contributed by atoms with Crippen LogP contribution in [0.4, 0.5) is 4.79 Å². The van der Waals surface area contributed by atoms with Crippen LogP contribution in [0.25, 0.3) is 11.1 Å². The molecule has 1 unspecified atom stereocenters. The van der Waals surface area contributed by atoms with Crippen molar-refractivity contribution in [3.8, 4) is 11.1 Å². The van der Waals surface area contributed by atoms with Gasteiger partial charge in [0.15, 0.2) is 0 Å². The molecule has 2 aromatic carbocycles. The Labute approximate surface area is 149 Å². The van der Waals surface area contributed by atoms with E-state index in [0.717, 1.165) is 31.2 Å². The monoisotopic (exact) mass is 338 g/mol. The number of rotatable bonds is 4. The maximum Gasteiger partial charge on any atom is 0.315 e. The first-order chi connectivity index (χ1) is 12.1. The molecule has 0 bridgehead atoms. The number of hydrogen-bond acceptors (Lipinski definition) is 2. The van der Waals surface area contributed by atoms with Gasteiger partial charge < -0.3 is 15.7 Å². The number of hydrogen-bond donors (Lipinski definition) is 3. The number of aliphatic hydroxyl groups excluding tert-OH is 1. The second-order valence-electron chi connectivity index (χ2n) is 6.83. The van der Waals surface area contributed by atoms with Crippen LogP contribution in [0.1, 0.15) is 44.2 Å². The highest BCUT2D eigenvalue weighted by Gasteiger charge is 2.21. The highest BCUT2D eigenvalue weighted by atomic mass is 16.3. The summed E-state index contributed by atoms with van der Waals surface area (Å²) in [6, 6.07) is 18.5. The minimum absolute atomic E-state index is 0.0565. The van der Waals surface area contributed by atoms with Crippen molar-refractivity contribution in [3.05, 3.63) is 60.2 Å². The second kappa shape index (κ2) is 8.17. The quantitative estimate of drug-likeness (QED) is 0.788. The van der Waals surface area contributed by atoms with Crippen LogP contribution in [0.15, 0.2) is 54.6 Å². The zero-order chi connectivity index (χ0) is 17.6. The molecule has 4 heteroatoms. The summed E-state index contributed by atoms with van der Waals surface area (Å²) >= 11 is 0. The Balaban J connectivity index is 1.54. The van der Waals surface area contributed by atoms with E-state index in [9.17, 15) is 9.90 Å². The first-order valence-electron chi connectivity index (χ1n) is 9.02. The van der Waals surface area contributed by atoms with Crippen molar-refractivity contribution in [2.75, 3.05) is 0 Å². The summed E-state index contributed by atoms with van der Waals surface area (Å²) in [4.78, 5) is 12.2. The van der Waals surface area contributed by atoms with Gasteiger partial charge in [-0.15, -0.1) is 0 Å². The molecule has 3 N–H and O–H groups in total. The Morgan fingerprint density at radius 1 is 0.960 bits per heavy atom. The topological polar surface area (TPSA) is 61.4 Å². The zero-order valence-corrected chi connectivity index (χ0v) is 14.6. The number of benzene rings is 2. The lowest BCUT2D eigenvalue weighted by atomic mass is 9.93. The molecule has 1 saturated carbocycles. The molecule has 0 heterocycles. The molecule has 2 amide bonds. The molecular weight excluding hydrogens is 312 g/mol. The first-order valence-corrected chi connectivity index (χ1v) is 9.02. The van der Waals surface area contributed by atoms with E-state index in [-0.39, 0.29) is 24.2 Å². The summed E-state index contributed by atoms with van der Waals surface area (Å²) in [6.45, 7) is 1.99. The molecule has 1 fully saturated rings. The van der Waals surface area contributed by atoms with Gasteiger partial charge in [0.2, 0.25) is 0 Å². The number of amides is 2. The minimum Gasteiger partial charge on any atom is -0.393 e. The van der Waals surface area contributed by atoms with Gasteiger partial charge in [-0.05, 0) is 49.3 Å². The van der Waals surface area contributed by atoms with E-state index in [1.165, 1.54) is 11.1 Å². The van der Waals surface area contributed by atoms with Crippen LogP contribution < -0.4 is 10.6 Å². The molecule has 1 aliphatic carbocycles. The fourth-order valence-electron chi connectivity index (χ4n) is 3.32. The number of carbonyl (C=O) groups excluding carboxylic acids is 1. The summed E-state index contributed by atoms with van der Waals surface area (Å²) in [5.41, 5.74) is 3.43. The lowest BCUT2D eigenvalue weighted by Crippen LogP contribution is -2.44.